The third kappa shape index (κ3) is 2.35. The lowest BCUT2D eigenvalue weighted by Crippen LogP contribution is -2.38. The summed E-state index contributed by atoms with van der Waals surface area (Å²) >= 11 is 2.02. The number of hydrogen-bond donors (Lipinski definition) is 2. The molecule has 2 aromatic rings. The molecule has 0 saturated carbocycles. The highest BCUT2D eigenvalue weighted by Crippen LogP contribution is 2.31. The zero-order valence-electron chi connectivity index (χ0n) is 11.4. The number of aromatic amines is 1. The van der Waals surface area contributed by atoms with E-state index in [1.165, 1.54) is 6.33 Å². The molecule has 0 radical (unpaired) electrons. The van der Waals surface area contributed by atoms with Gasteiger partial charge in [-0.05, 0) is 18.6 Å². The zero-order valence-corrected chi connectivity index (χ0v) is 12.2. The summed E-state index contributed by atoms with van der Waals surface area (Å²) in [6, 6.07) is 3.67. The van der Waals surface area contributed by atoms with E-state index in [0.29, 0.717) is 21.8 Å². The van der Waals surface area contributed by atoms with Crippen LogP contribution in [0.4, 0.5) is 11.4 Å². The van der Waals surface area contributed by atoms with Crippen molar-refractivity contribution >= 4 is 34.0 Å². The predicted octanol–water partition coefficient (Wildman–Crippen LogP) is 1.84. The van der Waals surface area contributed by atoms with E-state index in [0.717, 1.165) is 31.0 Å². The van der Waals surface area contributed by atoms with Gasteiger partial charge in [-0.2, -0.15) is 11.8 Å². The first-order valence-electron chi connectivity index (χ1n) is 6.82. The number of benzene rings is 1. The van der Waals surface area contributed by atoms with E-state index in [-0.39, 0.29) is 5.56 Å². The fraction of sp³-hybridized carbons (Fsp3) is 0.429. The van der Waals surface area contributed by atoms with Crippen LogP contribution in [-0.2, 0) is 0 Å². The molecule has 0 aliphatic carbocycles. The molecule has 1 aromatic carbocycles. The smallest absolute Gasteiger partial charge is 0.258 e. The Morgan fingerprint density at radius 3 is 3.20 bits per heavy atom. The number of thioether (sulfide) groups is 1. The second-order valence-corrected chi connectivity index (χ2v) is 6.42. The molecule has 3 N–H and O–H groups in total. The van der Waals surface area contributed by atoms with Gasteiger partial charge < -0.3 is 15.6 Å². The summed E-state index contributed by atoms with van der Waals surface area (Å²) < 4.78 is 0. The van der Waals surface area contributed by atoms with Crippen molar-refractivity contribution in [2.45, 2.75) is 18.6 Å². The number of anilines is 2. The van der Waals surface area contributed by atoms with Gasteiger partial charge in [-0.1, -0.05) is 6.92 Å². The summed E-state index contributed by atoms with van der Waals surface area (Å²) in [5.74, 6) is 1.11. The molecule has 1 atom stereocenters. The van der Waals surface area contributed by atoms with E-state index in [1.54, 1.807) is 6.07 Å². The van der Waals surface area contributed by atoms with Crippen molar-refractivity contribution in [3.8, 4) is 0 Å². The van der Waals surface area contributed by atoms with Crippen molar-refractivity contribution in [3.05, 3.63) is 28.8 Å². The summed E-state index contributed by atoms with van der Waals surface area (Å²) in [7, 11) is 0. The maximum absolute atomic E-state index is 11.7. The number of nitrogens with one attached hydrogen (secondary N) is 1. The normalized spacial score (nSPS) is 19.4. The Labute approximate surface area is 121 Å². The molecule has 1 aromatic heterocycles. The van der Waals surface area contributed by atoms with E-state index < -0.39 is 0 Å². The summed E-state index contributed by atoms with van der Waals surface area (Å²) in [6.45, 7) is 4.20. The quantitative estimate of drug-likeness (QED) is 0.825. The molecule has 2 heterocycles. The number of H-pyrrole nitrogens is 1. The van der Waals surface area contributed by atoms with Crippen LogP contribution < -0.4 is 16.2 Å². The number of nitrogens with zero attached hydrogens (tertiary/aromatic N) is 2. The van der Waals surface area contributed by atoms with Gasteiger partial charge in [0.1, 0.15) is 0 Å². The molecule has 5 nitrogen and oxygen atoms in total. The molecule has 1 aliphatic heterocycles. The fourth-order valence-electron chi connectivity index (χ4n) is 2.58. The van der Waals surface area contributed by atoms with Crippen molar-refractivity contribution in [2.75, 3.05) is 29.5 Å². The van der Waals surface area contributed by atoms with E-state index in [2.05, 4.69) is 21.8 Å². The van der Waals surface area contributed by atoms with Gasteiger partial charge in [0.15, 0.2) is 0 Å². The highest BCUT2D eigenvalue weighted by atomic mass is 32.2. The van der Waals surface area contributed by atoms with Crippen molar-refractivity contribution in [1.82, 2.24) is 9.97 Å². The highest BCUT2D eigenvalue weighted by molar-refractivity contribution is 8.00. The number of fused-ring (bicyclic) bond motifs is 1. The minimum absolute atomic E-state index is 0.145. The van der Waals surface area contributed by atoms with Gasteiger partial charge in [0.05, 0.1) is 28.6 Å². The molecule has 1 unspecified atom stereocenters. The van der Waals surface area contributed by atoms with Crippen molar-refractivity contribution < 1.29 is 0 Å². The Bertz CT molecular complexity index is 684. The SMILES string of the molecule is CCC1CN(c2cc3nc[nH]c(=O)c3cc2N)CCS1. The molecule has 0 amide bonds. The van der Waals surface area contributed by atoms with Crippen LogP contribution >= 0.6 is 11.8 Å². The van der Waals surface area contributed by atoms with Crippen LogP contribution in [0.25, 0.3) is 10.9 Å². The molecule has 6 heteroatoms. The van der Waals surface area contributed by atoms with E-state index >= 15 is 0 Å². The summed E-state index contributed by atoms with van der Waals surface area (Å²) in [5.41, 5.74) is 8.34. The second kappa shape index (κ2) is 5.36. The third-order valence-corrected chi connectivity index (χ3v) is 5.10. The fourth-order valence-corrected chi connectivity index (χ4v) is 3.76. The van der Waals surface area contributed by atoms with Crippen LogP contribution in [0.2, 0.25) is 0 Å². The lowest BCUT2D eigenvalue weighted by atomic mass is 10.1. The van der Waals surface area contributed by atoms with Gasteiger partial charge in [0.2, 0.25) is 0 Å². The highest BCUT2D eigenvalue weighted by Gasteiger charge is 2.21. The maximum Gasteiger partial charge on any atom is 0.258 e. The Hall–Kier alpha value is -1.69. The monoisotopic (exact) mass is 290 g/mol. The largest absolute Gasteiger partial charge is 0.397 e. The first-order chi connectivity index (χ1) is 9.69. The molecule has 0 bridgehead atoms. The van der Waals surface area contributed by atoms with Gasteiger partial charge >= 0.3 is 0 Å². The molecule has 3 rings (SSSR count). The van der Waals surface area contributed by atoms with Gasteiger partial charge in [-0.25, -0.2) is 4.98 Å². The lowest BCUT2D eigenvalue weighted by molar-refractivity contribution is 0.729. The van der Waals surface area contributed by atoms with Crippen LogP contribution in [0.3, 0.4) is 0 Å². The molecule has 1 fully saturated rings. The average Bonchev–Trinajstić information content (AvgIpc) is 2.48. The van der Waals surface area contributed by atoms with Crippen molar-refractivity contribution in [1.29, 1.82) is 0 Å². The van der Waals surface area contributed by atoms with Gasteiger partial charge in [0, 0.05) is 24.1 Å². The first kappa shape index (κ1) is 13.3. The maximum atomic E-state index is 11.7. The van der Waals surface area contributed by atoms with E-state index in [1.807, 2.05) is 17.8 Å². The van der Waals surface area contributed by atoms with Crippen molar-refractivity contribution in [2.24, 2.45) is 0 Å². The van der Waals surface area contributed by atoms with Crippen LogP contribution in [0, 0.1) is 0 Å². The van der Waals surface area contributed by atoms with Crippen LogP contribution in [-0.4, -0.2) is 34.1 Å². The molecule has 1 saturated heterocycles. The Morgan fingerprint density at radius 1 is 1.55 bits per heavy atom. The Kier molecular flexibility index (Phi) is 3.56. The van der Waals surface area contributed by atoms with Crippen LogP contribution in [0.1, 0.15) is 13.3 Å². The molecule has 0 spiro atoms. The summed E-state index contributed by atoms with van der Waals surface area (Å²) in [5, 5.41) is 1.19. The van der Waals surface area contributed by atoms with E-state index in [4.69, 9.17) is 5.73 Å². The van der Waals surface area contributed by atoms with Crippen molar-refractivity contribution in [3.63, 3.8) is 0 Å². The predicted molar refractivity (Wildman–Crippen MR) is 85.5 cm³/mol. The molecule has 1 aliphatic rings. The second-order valence-electron chi connectivity index (χ2n) is 5.01. The van der Waals surface area contributed by atoms with Crippen LogP contribution in [0.5, 0.6) is 0 Å². The van der Waals surface area contributed by atoms with Crippen LogP contribution in [0.15, 0.2) is 23.3 Å². The number of aromatic nitrogens is 2. The minimum atomic E-state index is -0.145. The van der Waals surface area contributed by atoms with E-state index in [9.17, 15) is 4.79 Å². The number of nitrogen functional groups attached to an aromatic ring is 1. The van der Waals surface area contributed by atoms with Gasteiger partial charge in [-0.3, -0.25) is 4.79 Å². The third-order valence-electron chi connectivity index (χ3n) is 3.72. The topological polar surface area (TPSA) is 75.0 Å². The Balaban J connectivity index is 2.03. The summed E-state index contributed by atoms with van der Waals surface area (Å²) in [4.78, 5) is 20.9. The summed E-state index contributed by atoms with van der Waals surface area (Å²) in [6.07, 6.45) is 2.60. The standard InChI is InChI=1S/C14H18N4OS/c1-2-9-7-18(3-4-20-9)13-6-12-10(5-11(13)15)14(19)17-8-16-12/h5-6,8-9H,2-4,7,15H2,1H3,(H,16,17,19). The zero-order chi connectivity index (χ0) is 14.1. The van der Waals surface area contributed by atoms with Gasteiger partial charge in [-0.15, -0.1) is 0 Å². The first-order valence-corrected chi connectivity index (χ1v) is 7.87. The number of rotatable bonds is 2. The average molecular weight is 290 g/mol. The number of nitrogens with two attached hydrogens (primary N) is 1. The van der Waals surface area contributed by atoms with Gasteiger partial charge in [0.25, 0.3) is 5.56 Å². The molecular weight excluding hydrogens is 272 g/mol. The Morgan fingerprint density at radius 2 is 2.40 bits per heavy atom. The molecule has 20 heavy (non-hydrogen) atoms. The molecule has 106 valence electrons. The number of hydrogen-bond acceptors (Lipinski definition) is 5. The minimum Gasteiger partial charge on any atom is -0.397 e. The lowest BCUT2D eigenvalue weighted by Gasteiger charge is -2.34. The molecular formula is C14H18N4OS.